The lowest BCUT2D eigenvalue weighted by Crippen LogP contribution is -2.28. The number of anilines is 1. The first kappa shape index (κ1) is 20.3. The molecule has 1 aromatic heterocycles. The molecule has 0 atom stereocenters. The average molecular weight is 461 g/mol. The van der Waals surface area contributed by atoms with Crippen LogP contribution in [-0.4, -0.2) is 15.2 Å². The summed E-state index contributed by atoms with van der Waals surface area (Å²) in [5.41, 5.74) is 0.305. The van der Waals surface area contributed by atoms with Gasteiger partial charge in [-0.25, -0.2) is 4.39 Å². The molecule has 4 rings (SSSR count). The van der Waals surface area contributed by atoms with Crippen LogP contribution >= 0.6 is 35.6 Å². The predicted molar refractivity (Wildman–Crippen MR) is 118 cm³/mol. The third-order valence-electron chi connectivity index (χ3n) is 4.21. The first-order valence-electron chi connectivity index (χ1n) is 8.42. The van der Waals surface area contributed by atoms with E-state index in [0.717, 1.165) is 16.7 Å². The lowest BCUT2D eigenvalue weighted by Gasteiger charge is -2.14. The van der Waals surface area contributed by atoms with Crippen LogP contribution in [0.5, 0.6) is 0 Å². The molecule has 0 bridgehead atoms. The van der Waals surface area contributed by atoms with Gasteiger partial charge in [-0.2, -0.15) is 0 Å². The molecule has 30 heavy (non-hydrogen) atoms. The van der Waals surface area contributed by atoms with E-state index in [4.69, 9.17) is 28.2 Å². The van der Waals surface area contributed by atoms with Gasteiger partial charge in [-0.3, -0.25) is 19.8 Å². The number of nitro benzene ring substituents is 1. The number of hydrogen-bond acceptors (Lipinski definition) is 6. The molecule has 0 saturated carbocycles. The fourth-order valence-electron chi connectivity index (χ4n) is 2.83. The number of carbonyl (C=O) groups excluding carboxylic acids is 1. The van der Waals surface area contributed by atoms with Gasteiger partial charge in [0.2, 0.25) is 0 Å². The van der Waals surface area contributed by atoms with Crippen molar-refractivity contribution in [2.45, 2.75) is 0 Å². The Hall–Kier alpha value is -3.01. The second-order valence-electron chi connectivity index (χ2n) is 6.09. The summed E-state index contributed by atoms with van der Waals surface area (Å²) in [5.74, 6) is -0.308. The number of carbonyl (C=O) groups is 1. The van der Waals surface area contributed by atoms with E-state index >= 15 is 0 Å². The van der Waals surface area contributed by atoms with Crippen LogP contribution in [0.1, 0.15) is 5.76 Å². The second kappa shape index (κ2) is 8.02. The number of thioether (sulfide) groups is 1. The Morgan fingerprint density at radius 1 is 1.20 bits per heavy atom. The van der Waals surface area contributed by atoms with E-state index in [2.05, 4.69) is 0 Å². The summed E-state index contributed by atoms with van der Waals surface area (Å²) < 4.78 is 20.0. The summed E-state index contributed by atoms with van der Waals surface area (Å²) in [6, 6.07) is 13.4. The minimum atomic E-state index is -0.580. The van der Waals surface area contributed by atoms with Crippen molar-refractivity contribution in [1.29, 1.82) is 0 Å². The molecule has 0 radical (unpaired) electrons. The molecule has 2 heterocycles. The Morgan fingerprint density at radius 2 is 1.97 bits per heavy atom. The molecule has 2 aromatic carbocycles. The van der Waals surface area contributed by atoms with E-state index in [-0.39, 0.29) is 25.6 Å². The van der Waals surface area contributed by atoms with Crippen molar-refractivity contribution in [2.75, 3.05) is 4.90 Å². The number of rotatable bonds is 4. The highest BCUT2D eigenvalue weighted by atomic mass is 35.5. The van der Waals surface area contributed by atoms with Gasteiger partial charge in [-0.05, 0) is 36.4 Å². The van der Waals surface area contributed by atoms with Gasteiger partial charge >= 0.3 is 0 Å². The van der Waals surface area contributed by atoms with E-state index in [0.29, 0.717) is 17.1 Å². The molecule has 0 spiro atoms. The van der Waals surface area contributed by atoms with Crippen molar-refractivity contribution in [1.82, 2.24) is 0 Å². The molecule has 10 heteroatoms. The summed E-state index contributed by atoms with van der Waals surface area (Å²) in [6.07, 6.45) is 1.49. The molecule has 6 nitrogen and oxygen atoms in total. The van der Waals surface area contributed by atoms with Gasteiger partial charge in [0, 0.05) is 17.7 Å². The highest BCUT2D eigenvalue weighted by Crippen LogP contribution is 2.38. The normalized spacial score (nSPS) is 15.3. The van der Waals surface area contributed by atoms with Gasteiger partial charge < -0.3 is 4.42 Å². The SMILES string of the molecule is O=C1/C(=C\c2ccc(-c3ccc(Cl)c([N+](=O)[O-])c3)o2)SC(=S)N1c1ccccc1F. The fourth-order valence-corrected chi connectivity index (χ4v) is 4.28. The molecule has 0 aliphatic carbocycles. The number of halogens is 2. The van der Waals surface area contributed by atoms with Gasteiger partial charge in [-0.1, -0.05) is 47.7 Å². The molecule has 0 unspecified atom stereocenters. The van der Waals surface area contributed by atoms with Gasteiger partial charge in [0.25, 0.3) is 11.6 Å². The van der Waals surface area contributed by atoms with Gasteiger partial charge in [0.1, 0.15) is 22.4 Å². The summed E-state index contributed by atoms with van der Waals surface area (Å²) in [7, 11) is 0. The minimum Gasteiger partial charge on any atom is -0.457 e. The Bertz CT molecular complexity index is 1240. The van der Waals surface area contributed by atoms with Crippen LogP contribution in [0, 0.1) is 15.9 Å². The first-order valence-corrected chi connectivity index (χ1v) is 10.0. The molecule has 150 valence electrons. The monoisotopic (exact) mass is 460 g/mol. The quantitative estimate of drug-likeness (QED) is 0.204. The van der Waals surface area contributed by atoms with Crippen molar-refractivity contribution in [3.8, 4) is 11.3 Å². The Labute approximate surface area is 184 Å². The molecular weight excluding hydrogens is 451 g/mol. The number of nitrogens with zero attached hydrogens (tertiary/aromatic N) is 2. The van der Waals surface area contributed by atoms with Gasteiger partial charge in [-0.15, -0.1) is 0 Å². The summed E-state index contributed by atoms with van der Waals surface area (Å²) in [6.45, 7) is 0. The number of thiocarbonyl (C=S) groups is 1. The number of nitro groups is 1. The third kappa shape index (κ3) is 3.74. The van der Waals surface area contributed by atoms with Crippen LogP contribution in [-0.2, 0) is 4.79 Å². The number of benzene rings is 2. The number of amides is 1. The zero-order valence-corrected chi connectivity index (χ0v) is 17.3. The lowest BCUT2D eigenvalue weighted by molar-refractivity contribution is -0.384. The molecule has 3 aromatic rings. The van der Waals surface area contributed by atoms with Crippen molar-refractivity contribution in [3.05, 3.63) is 86.2 Å². The van der Waals surface area contributed by atoms with Crippen molar-refractivity contribution < 1.29 is 18.5 Å². The zero-order valence-electron chi connectivity index (χ0n) is 14.9. The van der Waals surface area contributed by atoms with Crippen LogP contribution in [0.15, 0.2) is 63.9 Å². The first-order chi connectivity index (χ1) is 14.3. The van der Waals surface area contributed by atoms with E-state index in [1.54, 1.807) is 24.3 Å². The van der Waals surface area contributed by atoms with Crippen LogP contribution in [0.4, 0.5) is 15.8 Å². The number of hydrogen-bond donors (Lipinski definition) is 0. The zero-order chi connectivity index (χ0) is 21.4. The van der Waals surface area contributed by atoms with Crippen molar-refractivity contribution in [3.63, 3.8) is 0 Å². The average Bonchev–Trinajstić information content (AvgIpc) is 3.28. The topological polar surface area (TPSA) is 76.6 Å². The Kier molecular flexibility index (Phi) is 5.42. The highest BCUT2D eigenvalue weighted by molar-refractivity contribution is 8.27. The van der Waals surface area contributed by atoms with Crippen LogP contribution in [0.25, 0.3) is 17.4 Å². The van der Waals surface area contributed by atoms with E-state index in [1.165, 1.54) is 36.4 Å². The smallest absolute Gasteiger partial charge is 0.288 e. The minimum absolute atomic E-state index is 0.0207. The van der Waals surface area contributed by atoms with Gasteiger partial charge in [0.15, 0.2) is 4.32 Å². The Balaban J connectivity index is 1.63. The molecular formula is C20H10ClFN2O4S2. The summed E-state index contributed by atoms with van der Waals surface area (Å²) >= 11 is 12.1. The largest absolute Gasteiger partial charge is 0.457 e. The fraction of sp³-hybridized carbons (Fsp3) is 0. The number of furan rings is 1. The number of para-hydroxylation sites is 1. The van der Waals surface area contributed by atoms with E-state index < -0.39 is 16.6 Å². The van der Waals surface area contributed by atoms with E-state index in [9.17, 15) is 19.3 Å². The standard InChI is InChI=1S/C20H10ClFN2O4S2/c21-13-7-5-11(9-16(13)24(26)27)17-8-6-12(28-17)10-18-19(25)23(20(29)30-18)15-4-2-1-3-14(15)22/h1-10H/b18-10+. The third-order valence-corrected chi connectivity index (χ3v) is 5.84. The summed E-state index contributed by atoms with van der Waals surface area (Å²) in [5, 5.41) is 11.1. The highest BCUT2D eigenvalue weighted by Gasteiger charge is 2.35. The van der Waals surface area contributed by atoms with Crippen molar-refractivity contribution in [2.24, 2.45) is 0 Å². The molecule has 1 amide bonds. The van der Waals surface area contributed by atoms with Crippen LogP contribution in [0.3, 0.4) is 0 Å². The summed E-state index contributed by atoms with van der Waals surface area (Å²) in [4.78, 5) is 24.7. The molecule has 1 aliphatic rings. The van der Waals surface area contributed by atoms with E-state index in [1.807, 2.05) is 0 Å². The maximum absolute atomic E-state index is 14.1. The maximum Gasteiger partial charge on any atom is 0.288 e. The lowest BCUT2D eigenvalue weighted by atomic mass is 10.1. The Morgan fingerprint density at radius 3 is 2.70 bits per heavy atom. The predicted octanol–water partition coefficient (Wildman–Crippen LogP) is 6.05. The maximum atomic E-state index is 14.1. The van der Waals surface area contributed by atoms with Crippen LogP contribution in [0.2, 0.25) is 5.02 Å². The molecule has 0 N–H and O–H groups in total. The molecule has 1 fully saturated rings. The molecule has 1 aliphatic heterocycles. The van der Waals surface area contributed by atoms with Crippen LogP contribution < -0.4 is 4.90 Å². The molecule has 1 saturated heterocycles. The van der Waals surface area contributed by atoms with Crippen molar-refractivity contribution >= 4 is 63.3 Å². The second-order valence-corrected chi connectivity index (χ2v) is 8.18. The van der Waals surface area contributed by atoms with Gasteiger partial charge in [0.05, 0.1) is 15.5 Å².